The van der Waals surface area contributed by atoms with E-state index < -0.39 is 0 Å². The largest absolute Gasteiger partial charge is 0.299 e. The number of carbonyl (C=O) groups excluding carboxylic acids is 1. The molecule has 0 aliphatic heterocycles. The summed E-state index contributed by atoms with van der Waals surface area (Å²) in [5.41, 5.74) is 0.633. The summed E-state index contributed by atoms with van der Waals surface area (Å²) in [6.45, 7) is 2.45. The maximum atomic E-state index is 12.6. The summed E-state index contributed by atoms with van der Waals surface area (Å²) < 4.78 is 0. The first-order chi connectivity index (χ1) is 8.05. The van der Waals surface area contributed by atoms with Crippen molar-refractivity contribution >= 4 is 17.5 Å². The molecule has 0 saturated heterocycles. The molecule has 2 atom stereocenters. The van der Waals surface area contributed by atoms with Gasteiger partial charge in [-0.15, -0.1) is 0 Å². The van der Waals surface area contributed by atoms with E-state index in [0.717, 1.165) is 24.0 Å². The van der Waals surface area contributed by atoms with Gasteiger partial charge in [0, 0.05) is 11.8 Å². The van der Waals surface area contributed by atoms with Crippen LogP contribution in [0.15, 0.2) is 0 Å². The van der Waals surface area contributed by atoms with E-state index in [1.54, 1.807) is 0 Å². The van der Waals surface area contributed by atoms with E-state index >= 15 is 0 Å². The quantitative estimate of drug-likeness (QED) is 0.754. The number of rotatable bonds is 4. The van der Waals surface area contributed by atoms with Crippen molar-refractivity contribution in [3.63, 3.8) is 0 Å². The summed E-state index contributed by atoms with van der Waals surface area (Å²) in [6.07, 6.45) is 10.8. The molecule has 4 aliphatic carbocycles. The molecule has 0 aromatic heterocycles. The topological polar surface area (TPSA) is 17.1 Å². The van der Waals surface area contributed by atoms with Crippen LogP contribution in [-0.4, -0.2) is 17.8 Å². The van der Waals surface area contributed by atoms with Crippen LogP contribution in [0.4, 0.5) is 0 Å². The third kappa shape index (κ3) is 1.97. The lowest BCUT2D eigenvalue weighted by atomic mass is 9.43. The van der Waals surface area contributed by atoms with Crippen LogP contribution < -0.4 is 0 Å². The first-order valence-electron chi connectivity index (χ1n) is 7.08. The van der Waals surface area contributed by atoms with Gasteiger partial charge in [-0.05, 0) is 67.8 Å². The van der Waals surface area contributed by atoms with Crippen molar-refractivity contribution in [2.75, 3.05) is 12.0 Å². The molecule has 0 spiro atoms. The molecular formula is C15H24OS. The zero-order chi connectivity index (χ0) is 12.1. The average Bonchev–Trinajstić information content (AvgIpc) is 2.22. The Morgan fingerprint density at radius 2 is 1.88 bits per heavy atom. The van der Waals surface area contributed by atoms with Crippen LogP contribution in [0.25, 0.3) is 0 Å². The summed E-state index contributed by atoms with van der Waals surface area (Å²) in [5, 5.41) is 0. The third-order valence-electron chi connectivity index (χ3n) is 5.48. The summed E-state index contributed by atoms with van der Waals surface area (Å²) in [6, 6.07) is 0. The van der Waals surface area contributed by atoms with Gasteiger partial charge in [-0.3, -0.25) is 4.79 Å². The molecule has 2 heteroatoms. The van der Waals surface area contributed by atoms with Gasteiger partial charge in [-0.1, -0.05) is 6.92 Å². The second-order valence-electron chi connectivity index (χ2n) is 7.22. The van der Waals surface area contributed by atoms with Crippen LogP contribution in [0.2, 0.25) is 0 Å². The lowest BCUT2D eigenvalue weighted by molar-refractivity contribution is -0.152. The fourth-order valence-corrected chi connectivity index (χ4v) is 5.90. The molecule has 2 unspecified atom stereocenters. The molecule has 0 heterocycles. The Morgan fingerprint density at radius 1 is 1.24 bits per heavy atom. The van der Waals surface area contributed by atoms with Gasteiger partial charge in [0.25, 0.3) is 0 Å². The Labute approximate surface area is 109 Å². The standard InChI is InChI=1S/C15H24OS/c1-14-6-11-5-12(7-14)9-15(8-11,10-14)13(16)3-4-17-2/h11-12H,3-10H2,1-2H3. The van der Waals surface area contributed by atoms with E-state index in [4.69, 9.17) is 0 Å². The Bertz CT molecular complexity index is 322. The average molecular weight is 252 g/mol. The van der Waals surface area contributed by atoms with Gasteiger partial charge >= 0.3 is 0 Å². The molecule has 0 aromatic rings. The summed E-state index contributed by atoms with van der Waals surface area (Å²) in [4.78, 5) is 12.6. The minimum Gasteiger partial charge on any atom is -0.299 e. The molecule has 0 radical (unpaired) electrons. The normalized spacial score (nSPS) is 47.4. The minimum atomic E-state index is 0.120. The molecule has 96 valence electrons. The highest BCUT2D eigenvalue weighted by Crippen LogP contribution is 2.65. The number of hydrogen-bond acceptors (Lipinski definition) is 2. The maximum Gasteiger partial charge on any atom is 0.139 e. The van der Waals surface area contributed by atoms with Crippen LogP contribution >= 0.6 is 11.8 Å². The number of hydrogen-bond donors (Lipinski definition) is 0. The molecule has 0 amide bonds. The first kappa shape index (κ1) is 12.1. The van der Waals surface area contributed by atoms with Crippen LogP contribution in [0.3, 0.4) is 0 Å². The number of thioether (sulfide) groups is 1. The molecule has 17 heavy (non-hydrogen) atoms. The van der Waals surface area contributed by atoms with Crippen molar-refractivity contribution in [2.45, 2.75) is 51.9 Å². The van der Waals surface area contributed by atoms with Gasteiger partial charge in [0.1, 0.15) is 5.78 Å². The zero-order valence-corrected chi connectivity index (χ0v) is 11.9. The second-order valence-corrected chi connectivity index (χ2v) is 8.20. The van der Waals surface area contributed by atoms with E-state index in [0.29, 0.717) is 11.2 Å². The highest BCUT2D eigenvalue weighted by atomic mass is 32.2. The van der Waals surface area contributed by atoms with E-state index in [1.807, 2.05) is 11.8 Å². The zero-order valence-electron chi connectivity index (χ0n) is 11.1. The van der Waals surface area contributed by atoms with E-state index in [9.17, 15) is 4.79 Å². The van der Waals surface area contributed by atoms with Crippen molar-refractivity contribution < 1.29 is 4.79 Å². The van der Waals surface area contributed by atoms with Gasteiger partial charge in [-0.2, -0.15) is 11.8 Å². The molecular weight excluding hydrogens is 228 g/mol. The van der Waals surface area contributed by atoms with E-state index in [2.05, 4.69) is 13.2 Å². The maximum absolute atomic E-state index is 12.6. The van der Waals surface area contributed by atoms with Gasteiger partial charge in [0.15, 0.2) is 0 Å². The smallest absolute Gasteiger partial charge is 0.139 e. The highest BCUT2D eigenvalue weighted by Gasteiger charge is 2.58. The minimum absolute atomic E-state index is 0.120. The molecule has 4 aliphatic rings. The first-order valence-corrected chi connectivity index (χ1v) is 8.47. The van der Waals surface area contributed by atoms with E-state index in [-0.39, 0.29) is 5.41 Å². The van der Waals surface area contributed by atoms with Gasteiger partial charge < -0.3 is 0 Å². The lowest BCUT2D eigenvalue weighted by Crippen LogP contribution is -2.54. The van der Waals surface area contributed by atoms with Crippen LogP contribution in [0.5, 0.6) is 0 Å². The number of ketones is 1. The van der Waals surface area contributed by atoms with E-state index in [1.165, 1.54) is 38.5 Å². The van der Waals surface area contributed by atoms with Crippen molar-refractivity contribution in [2.24, 2.45) is 22.7 Å². The Kier molecular flexibility index (Phi) is 2.85. The predicted octanol–water partition coefficient (Wildman–Crippen LogP) is 3.92. The molecule has 4 fully saturated rings. The fraction of sp³-hybridized carbons (Fsp3) is 0.933. The van der Waals surface area contributed by atoms with Crippen LogP contribution in [-0.2, 0) is 4.79 Å². The second kappa shape index (κ2) is 4.01. The SMILES string of the molecule is CSCCC(=O)C12CC3CC(CC(C)(C3)C1)C2. The van der Waals surface area contributed by atoms with Gasteiger partial charge in [-0.25, -0.2) is 0 Å². The summed E-state index contributed by atoms with van der Waals surface area (Å²) >= 11 is 1.81. The molecule has 0 N–H and O–H groups in total. The highest BCUT2D eigenvalue weighted by molar-refractivity contribution is 7.98. The molecule has 4 bridgehead atoms. The molecule has 4 saturated carbocycles. The summed E-state index contributed by atoms with van der Waals surface area (Å²) in [7, 11) is 0. The monoisotopic (exact) mass is 252 g/mol. The van der Waals surface area contributed by atoms with Crippen LogP contribution in [0, 0.1) is 22.7 Å². The fourth-order valence-electron chi connectivity index (χ4n) is 5.51. The van der Waals surface area contributed by atoms with Crippen molar-refractivity contribution in [1.29, 1.82) is 0 Å². The Balaban J connectivity index is 1.81. The summed E-state index contributed by atoms with van der Waals surface area (Å²) in [5.74, 6) is 3.37. The van der Waals surface area contributed by atoms with Crippen molar-refractivity contribution in [1.82, 2.24) is 0 Å². The van der Waals surface area contributed by atoms with Crippen molar-refractivity contribution in [3.05, 3.63) is 0 Å². The number of Topliss-reactive ketones (excluding diaryl/α,β-unsaturated/α-hetero) is 1. The molecule has 4 rings (SSSR count). The van der Waals surface area contributed by atoms with Gasteiger partial charge in [0.2, 0.25) is 0 Å². The van der Waals surface area contributed by atoms with Crippen LogP contribution in [0.1, 0.15) is 51.9 Å². The lowest BCUT2D eigenvalue weighted by Gasteiger charge is -2.60. The Hall–Kier alpha value is 0.0200. The predicted molar refractivity (Wildman–Crippen MR) is 73.2 cm³/mol. The number of carbonyl (C=O) groups is 1. The van der Waals surface area contributed by atoms with Gasteiger partial charge in [0.05, 0.1) is 0 Å². The third-order valence-corrected chi connectivity index (χ3v) is 6.09. The Morgan fingerprint density at radius 3 is 2.41 bits per heavy atom. The molecule has 1 nitrogen and oxygen atoms in total. The van der Waals surface area contributed by atoms with Crippen molar-refractivity contribution in [3.8, 4) is 0 Å². The molecule has 0 aromatic carbocycles.